The van der Waals surface area contributed by atoms with E-state index in [9.17, 15) is 0 Å². The Labute approximate surface area is 83.1 Å². The molecular formula is C9H14N4O. The first kappa shape index (κ1) is 9.21. The minimum Gasteiger partial charge on any atom is -0.480 e. The number of hydrogen-bond acceptors (Lipinski definition) is 5. The topological polar surface area (TPSA) is 50.3 Å². The summed E-state index contributed by atoms with van der Waals surface area (Å²) in [5.41, 5.74) is 0. The fourth-order valence-electron chi connectivity index (χ4n) is 1.34. The van der Waals surface area contributed by atoms with Crippen molar-refractivity contribution >= 4 is 5.82 Å². The van der Waals surface area contributed by atoms with Gasteiger partial charge >= 0.3 is 0 Å². The van der Waals surface area contributed by atoms with Crippen LogP contribution in [0.4, 0.5) is 5.82 Å². The second-order valence-electron chi connectivity index (χ2n) is 3.34. The van der Waals surface area contributed by atoms with E-state index in [-0.39, 0.29) is 0 Å². The molecule has 1 N–H and O–H groups in total. The average molecular weight is 194 g/mol. The van der Waals surface area contributed by atoms with Crippen LogP contribution in [0.5, 0.6) is 5.88 Å². The van der Waals surface area contributed by atoms with E-state index in [2.05, 4.69) is 20.2 Å². The molecular weight excluding hydrogens is 180 g/mol. The lowest BCUT2D eigenvalue weighted by atomic mass is 10.1. The molecule has 0 unspecified atom stereocenters. The van der Waals surface area contributed by atoms with E-state index in [1.165, 1.54) is 0 Å². The van der Waals surface area contributed by atoms with Gasteiger partial charge in [0.2, 0.25) is 5.88 Å². The summed E-state index contributed by atoms with van der Waals surface area (Å²) in [7, 11) is 3.62. The second-order valence-corrected chi connectivity index (χ2v) is 3.34. The first-order valence-electron chi connectivity index (χ1n) is 4.61. The number of ether oxygens (including phenoxy) is 1. The van der Waals surface area contributed by atoms with Gasteiger partial charge < -0.3 is 15.0 Å². The molecule has 1 aliphatic heterocycles. The van der Waals surface area contributed by atoms with Crippen molar-refractivity contribution in [2.24, 2.45) is 0 Å². The van der Waals surface area contributed by atoms with Crippen molar-refractivity contribution in [3.05, 3.63) is 12.4 Å². The molecule has 0 bridgehead atoms. The van der Waals surface area contributed by atoms with Gasteiger partial charge in [-0.05, 0) is 0 Å². The highest BCUT2D eigenvalue weighted by atomic mass is 16.5. The second kappa shape index (κ2) is 3.79. The lowest BCUT2D eigenvalue weighted by molar-refractivity contribution is 0.391. The molecule has 14 heavy (non-hydrogen) atoms. The molecule has 5 nitrogen and oxygen atoms in total. The van der Waals surface area contributed by atoms with Gasteiger partial charge in [-0.2, -0.15) is 4.98 Å². The lowest BCUT2D eigenvalue weighted by Gasteiger charge is -2.36. The number of likely N-dealkylation sites (N-methyl/N-ethyl adjacent to an activating group) is 1. The summed E-state index contributed by atoms with van der Waals surface area (Å²) in [5, 5.41) is 3.22. The zero-order valence-corrected chi connectivity index (χ0v) is 8.40. The SMILES string of the molecule is COc1cncc(N(C)C2CNC2)n1. The zero-order chi connectivity index (χ0) is 9.97. The third-order valence-corrected chi connectivity index (χ3v) is 2.48. The van der Waals surface area contributed by atoms with Crippen molar-refractivity contribution in [2.45, 2.75) is 6.04 Å². The Morgan fingerprint density at radius 2 is 2.29 bits per heavy atom. The number of anilines is 1. The summed E-state index contributed by atoms with van der Waals surface area (Å²) in [5.74, 6) is 1.41. The summed E-state index contributed by atoms with van der Waals surface area (Å²) < 4.78 is 5.02. The molecule has 1 saturated heterocycles. The number of nitrogens with one attached hydrogen (secondary N) is 1. The zero-order valence-electron chi connectivity index (χ0n) is 8.40. The molecule has 1 aromatic rings. The highest BCUT2D eigenvalue weighted by Gasteiger charge is 2.22. The minimum atomic E-state index is 0.524. The Balaban J connectivity index is 2.13. The number of nitrogens with zero attached hydrogens (tertiary/aromatic N) is 3. The predicted octanol–water partition coefficient (Wildman–Crippen LogP) is -0.107. The normalized spacial score (nSPS) is 16.1. The molecule has 2 heterocycles. The van der Waals surface area contributed by atoms with Crippen molar-refractivity contribution in [1.82, 2.24) is 15.3 Å². The van der Waals surface area contributed by atoms with Crippen molar-refractivity contribution in [2.75, 3.05) is 32.1 Å². The van der Waals surface area contributed by atoms with Crippen LogP contribution in [0.1, 0.15) is 0 Å². The van der Waals surface area contributed by atoms with Crippen LogP contribution < -0.4 is 15.0 Å². The quantitative estimate of drug-likeness (QED) is 0.727. The summed E-state index contributed by atoms with van der Waals surface area (Å²) in [6.07, 6.45) is 3.36. The average Bonchev–Trinajstić information content (AvgIpc) is 2.15. The van der Waals surface area contributed by atoms with Crippen LogP contribution in [0.3, 0.4) is 0 Å². The van der Waals surface area contributed by atoms with Crippen LogP contribution in [0, 0.1) is 0 Å². The van der Waals surface area contributed by atoms with E-state index in [0.717, 1.165) is 18.9 Å². The molecule has 0 aromatic carbocycles. The molecule has 0 radical (unpaired) electrons. The number of methoxy groups -OCH3 is 1. The summed E-state index contributed by atoms with van der Waals surface area (Å²) in [6, 6.07) is 0.524. The van der Waals surface area contributed by atoms with E-state index in [1.54, 1.807) is 19.5 Å². The molecule has 0 spiro atoms. The highest BCUT2D eigenvalue weighted by molar-refractivity contribution is 5.38. The lowest BCUT2D eigenvalue weighted by Crippen LogP contribution is -2.56. The highest BCUT2D eigenvalue weighted by Crippen LogP contribution is 2.15. The van der Waals surface area contributed by atoms with Crippen molar-refractivity contribution < 1.29 is 4.74 Å². The van der Waals surface area contributed by atoms with E-state index in [0.29, 0.717) is 11.9 Å². The van der Waals surface area contributed by atoms with Gasteiger partial charge in [-0.1, -0.05) is 0 Å². The van der Waals surface area contributed by atoms with Gasteiger partial charge in [-0.15, -0.1) is 0 Å². The van der Waals surface area contributed by atoms with Gasteiger partial charge in [-0.3, -0.25) is 4.98 Å². The monoisotopic (exact) mass is 194 g/mol. The molecule has 1 fully saturated rings. The molecule has 2 rings (SSSR count). The maximum absolute atomic E-state index is 5.02. The van der Waals surface area contributed by atoms with Crippen LogP contribution in [0.2, 0.25) is 0 Å². The molecule has 0 atom stereocenters. The third kappa shape index (κ3) is 1.63. The number of aromatic nitrogens is 2. The van der Waals surface area contributed by atoms with Crippen LogP contribution in [-0.2, 0) is 0 Å². The summed E-state index contributed by atoms with van der Waals surface area (Å²) in [6.45, 7) is 2.02. The first-order chi connectivity index (χ1) is 6.81. The Hall–Kier alpha value is -1.36. The van der Waals surface area contributed by atoms with Crippen molar-refractivity contribution in [3.63, 3.8) is 0 Å². The van der Waals surface area contributed by atoms with Gasteiger partial charge in [0, 0.05) is 20.1 Å². The minimum absolute atomic E-state index is 0.524. The first-order valence-corrected chi connectivity index (χ1v) is 4.61. The maximum Gasteiger partial charge on any atom is 0.233 e. The molecule has 0 aliphatic carbocycles. The number of hydrogen-bond donors (Lipinski definition) is 1. The third-order valence-electron chi connectivity index (χ3n) is 2.48. The molecule has 1 aliphatic rings. The largest absolute Gasteiger partial charge is 0.480 e. The van der Waals surface area contributed by atoms with E-state index < -0.39 is 0 Å². The molecule has 1 aromatic heterocycles. The van der Waals surface area contributed by atoms with Gasteiger partial charge in [0.05, 0.1) is 25.5 Å². The maximum atomic E-state index is 5.02. The standard InChI is InChI=1S/C9H14N4O/c1-13(7-3-10-4-7)8-5-11-6-9(12-8)14-2/h5-7,10H,3-4H2,1-2H3. The molecule has 0 saturated carbocycles. The van der Waals surface area contributed by atoms with Crippen LogP contribution in [-0.4, -0.2) is 43.3 Å². The van der Waals surface area contributed by atoms with Gasteiger partial charge in [0.1, 0.15) is 0 Å². The Kier molecular flexibility index (Phi) is 2.49. The van der Waals surface area contributed by atoms with Crippen LogP contribution in [0.25, 0.3) is 0 Å². The Morgan fingerprint density at radius 1 is 1.50 bits per heavy atom. The smallest absolute Gasteiger partial charge is 0.233 e. The fourth-order valence-corrected chi connectivity index (χ4v) is 1.34. The Bertz CT molecular complexity index is 313. The van der Waals surface area contributed by atoms with Crippen molar-refractivity contribution in [3.8, 4) is 5.88 Å². The summed E-state index contributed by atoms with van der Waals surface area (Å²) >= 11 is 0. The molecule has 5 heteroatoms. The van der Waals surface area contributed by atoms with E-state index >= 15 is 0 Å². The van der Waals surface area contributed by atoms with Crippen LogP contribution >= 0.6 is 0 Å². The van der Waals surface area contributed by atoms with Gasteiger partial charge in [0.25, 0.3) is 0 Å². The Morgan fingerprint density at radius 3 is 2.86 bits per heavy atom. The summed E-state index contributed by atoms with van der Waals surface area (Å²) in [4.78, 5) is 10.5. The molecule has 76 valence electrons. The molecule has 0 amide bonds. The van der Waals surface area contributed by atoms with Crippen molar-refractivity contribution in [1.29, 1.82) is 0 Å². The van der Waals surface area contributed by atoms with Gasteiger partial charge in [0.15, 0.2) is 5.82 Å². The number of rotatable bonds is 3. The van der Waals surface area contributed by atoms with E-state index in [4.69, 9.17) is 4.74 Å². The fraction of sp³-hybridized carbons (Fsp3) is 0.556. The van der Waals surface area contributed by atoms with E-state index in [1.807, 2.05) is 7.05 Å². The van der Waals surface area contributed by atoms with Gasteiger partial charge in [-0.25, -0.2) is 0 Å². The predicted molar refractivity (Wildman–Crippen MR) is 53.6 cm³/mol. The van der Waals surface area contributed by atoms with Crippen LogP contribution in [0.15, 0.2) is 12.4 Å².